The Hall–Kier alpha value is -3.35. The van der Waals surface area contributed by atoms with E-state index in [2.05, 4.69) is 10.6 Å². The van der Waals surface area contributed by atoms with Crippen molar-refractivity contribution in [2.45, 2.75) is 25.3 Å². The monoisotopic (exact) mass is 482 g/mol. The SMILES string of the molecule is C[C@H](NC(=O)Oc1ccc(C2(C)C(=O)Nc3cc(Cl)cc(Cl)c3C2=O)cc1)c1ccccc1. The molecule has 0 saturated carbocycles. The van der Waals surface area contributed by atoms with Gasteiger partial charge in [-0.15, -0.1) is 0 Å². The highest BCUT2D eigenvalue weighted by molar-refractivity contribution is 6.41. The number of hydrogen-bond donors (Lipinski definition) is 2. The molecule has 2 atom stereocenters. The number of ether oxygens (including phenoxy) is 1. The number of nitrogens with one attached hydrogen (secondary N) is 2. The van der Waals surface area contributed by atoms with Crippen LogP contribution in [0.2, 0.25) is 10.0 Å². The van der Waals surface area contributed by atoms with Gasteiger partial charge in [0.25, 0.3) is 0 Å². The van der Waals surface area contributed by atoms with Gasteiger partial charge in [-0.1, -0.05) is 65.7 Å². The second kappa shape index (κ2) is 8.89. The third-order valence-corrected chi connectivity index (χ3v) is 6.23. The molecule has 1 aliphatic heterocycles. The van der Waals surface area contributed by atoms with Gasteiger partial charge in [-0.2, -0.15) is 0 Å². The number of rotatable bonds is 4. The quantitative estimate of drug-likeness (QED) is 0.450. The Balaban J connectivity index is 1.52. The number of Topliss-reactive ketones (excluding diaryl/α,β-unsaturated/α-hetero) is 1. The lowest BCUT2D eigenvalue weighted by atomic mass is 9.73. The topological polar surface area (TPSA) is 84.5 Å². The van der Waals surface area contributed by atoms with Gasteiger partial charge in [0, 0.05) is 5.02 Å². The fourth-order valence-corrected chi connectivity index (χ4v) is 4.34. The lowest BCUT2D eigenvalue weighted by Crippen LogP contribution is -2.48. The van der Waals surface area contributed by atoms with Crippen molar-refractivity contribution in [3.63, 3.8) is 0 Å². The predicted octanol–water partition coefficient (Wildman–Crippen LogP) is 5.94. The highest BCUT2D eigenvalue weighted by Crippen LogP contribution is 2.41. The Labute approximate surface area is 200 Å². The summed E-state index contributed by atoms with van der Waals surface area (Å²) in [6, 6.07) is 18.4. The zero-order chi connectivity index (χ0) is 23.8. The lowest BCUT2D eigenvalue weighted by Gasteiger charge is -2.33. The molecule has 33 heavy (non-hydrogen) atoms. The number of amides is 2. The van der Waals surface area contributed by atoms with E-state index in [0.29, 0.717) is 10.6 Å². The molecule has 4 rings (SSSR count). The molecule has 2 amide bonds. The minimum atomic E-state index is -1.51. The first-order valence-electron chi connectivity index (χ1n) is 10.2. The molecule has 6 nitrogen and oxygen atoms in total. The summed E-state index contributed by atoms with van der Waals surface area (Å²) in [5.74, 6) is -0.665. The van der Waals surface area contributed by atoms with E-state index >= 15 is 0 Å². The smallest absolute Gasteiger partial charge is 0.410 e. The molecular formula is C25H20Cl2N2O4. The summed E-state index contributed by atoms with van der Waals surface area (Å²) >= 11 is 12.2. The number of hydrogen-bond acceptors (Lipinski definition) is 4. The van der Waals surface area contributed by atoms with Crippen LogP contribution >= 0.6 is 23.2 Å². The zero-order valence-electron chi connectivity index (χ0n) is 17.8. The molecule has 0 saturated heterocycles. The Kier molecular flexibility index (Phi) is 6.15. The second-order valence-corrected chi connectivity index (χ2v) is 8.75. The maximum Gasteiger partial charge on any atom is 0.413 e. The summed E-state index contributed by atoms with van der Waals surface area (Å²) in [7, 11) is 0. The second-order valence-electron chi connectivity index (χ2n) is 7.91. The Morgan fingerprint density at radius 2 is 1.70 bits per heavy atom. The van der Waals surface area contributed by atoms with Crippen LogP contribution in [0.4, 0.5) is 10.5 Å². The van der Waals surface area contributed by atoms with Crippen molar-refractivity contribution in [3.05, 3.63) is 93.5 Å². The Bertz CT molecular complexity index is 1250. The van der Waals surface area contributed by atoms with Crippen LogP contribution in [0.5, 0.6) is 5.75 Å². The fraction of sp³-hybridized carbons (Fsp3) is 0.160. The highest BCUT2D eigenvalue weighted by atomic mass is 35.5. The maximum absolute atomic E-state index is 13.3. The van der Waals surface area contributed by atoms with Crippen LogP contribution < -0.4 is 15.4 Å². The van der Waals surface area contributed by atoms with Crippen molar-refractivity contribution in [2.75, 3.05) is 5.32 Å². The summed E-state index contributed by atoms with van der Waals surface area (Å²) in [5.41, 5.74) is 0.362. The summed E-state index contributed by atoms with van der Waals surface area (Å²) in [4.78, 5) is 38.5. The molecule has 0 aliphatic carbocycles. The molecule has 3 aromatic carbocycles. The minimum Gasteiger partial charge on any atom is -0.410 e. The van der Waals surface area contributed by atoms with Crippen molar-refractivity contribution in [2.24, 2.45) is 0 Å². The van der Waals surface area contributed by atoms with Gasteiger partial charge >= 0.3 is 6.09 Å². The van der Waals surface area contributed by atoms with E-state index in [1.165, 1.54) is 31.2 Å². The van der Waals surface area contributed by atoms with Crippen LogP contribution in [0.15, 0.2) is 66.7 Å². The standard InChI is InChI=1S/C25H20Cl2N2O4/c1-14(15-6-4-3-5-7-15)28-24(32)33-18-10-8-16(9-11-18)25(2)22(30)21-19(27)12-17(26)13-20(21)29-23(25)31/h3-14H,1-2H3,(H,28,32)(H,29,31)/t14-,25?/m0/s1. The van der Waals surface area contributed by atoms with Gasteiger partial charge in [0.15, 0.2) is 5.78 Å². The molecule has 0 spiro atoms. The van der Waals surface area contributed by atoms with Crippen LogP contribution in [0.25, 0.3) is 0 Å². The average molecular weight is 483 g/mol. The van der Waals surface area contributed by atoms with Gasteiger partial charge < -0.3 is 15.4 Å². The molecule has 0 fully saturated rings. The molecule has 0 aromatic heterocycles. The van der Waals surface area contributed by atoms with Gasteiger partial charge in [-0.05, 0) is 49.2 Å². The van der Waals surface area contributed by atoms with Crippen molar-refractivity contribution in [1.29, 1.82) is 0 Å². The van der Waals surface area contributed by atoms with Gasteiger partial charge in [0.05, 0.1) is 22.3 Å². The van der Waals surface area contributed by atoms with E-state index < -0.39 is 23.2 Å². The minimum absolute atomic E-state index is 0.165. The zero-order valence-corrected chi connectivity index (χ0v) is 19.3. The van der Waals surface area contributed by atoms with Crippen molar-refractivity contribution in [1.82, 2.24) is 5.32 Å². The number of benzene rings is 3. The first-order chi connectivity index (χ1) is 15.7. The normalized spacial score (nSPS) is 18.2. The summed E-state index contributed by atoms with van der Waals surface area (Å²) < 4.78 is 5.35. The van der Waals surface area contributed by atoms with Crippen LogP contribution in [-0.4, -0.2) is 17.8 Å². The number of halogens is 2. The Morgan fingerprint density at radius 1 is 1.03 bits per heavy atom. The van der Waals surface area contributed by atoms with E-state index in [1.54, 1.807) is 12.1 Å². The predicted molar refractivity (Wildman–Crippen MR) is 127 cm³/mol. The van der Waals surface area contributed by atoms with Crippen molar-refractivity contribution >= 4 is 46.7 Å². The van der Waals surface area contributed by atoms with Gasteiger partial charge in [0.1, 0.15) is 11.2 Å². The number of fused-ring (bicyclic) bond motifs is 1. The molecule has 2 N–H and O–H groups in total. The van der Waals surface area contributed by atoms with E-state index in [1.807, 2.05) is 37.3 Å². The molecule has 0 bridgehead atoms. The van der Waals surface area contributed by atoms with E-state index in [4.69, 9.17) is 27.9 Å². The van der Waals surface area contributed by atoms with E-state index in [-0.39, 0.29) is 28.1 Å². The van der Waals surface area contributed by atoms with Crippen LogP contribution in [0.3, 0.4) is 0 Å². The van der Waals surface area contributed by atoms with E-state index in [9.17, 15) is 14.4 Å². The molecule has 1 heterocycles. The third kappa shape index (κ3) is 4.32. The first kappa shape index (κ1) is 22.8. The van der Waals surface area contributed by atoms with Gasteiger partial charge in [-0.25, -0.2) is 4.79 Å². The van der Waals surface area contributed by atoms with Crippen molar-refractivity contribution in [3.8, 4) is 5.75 Å². The summed E-state index contributed by atoms with van der Waals surface area (Å²) in [6.45, 7) is 3.38. The lowest BCUT2D eigenvalue weighted by molar-refractivity contribution is -0.119. The number of anilines is 1. The number of ketones is 1. The number of carbonyl (C=O) groups excluding carboxylic acids is 3. The molecule has 168 valence electrons. The molecular weight excluding hydrogens is 463 g/mol. The molecule has 8 heteroatoms. The summed E-state index contributed by atoms with van der Waals surface area (Å²) in [6.07, 6.45) is -0.616. The molecule has 0 radical (unpaired) electrons. The van der Waals surface area contributed by atoms with Crippen LogP contribution in [-0.2, 0) is 10.2 Å². The van der Waals surface area contributed by atoms with Gasteiger partial charge in [0.2, 0.25) is 5.91 Å². The highest BCUT2D eigenvalue weighted by Gasteiger charge is 2.48. The van der Waals surface area contributed by atoms with E-state index in [0.717, 1.165) is 5.56 Å². The molecule has 3 aromatic rings. The summed E-state index contributed by atoms with van der Waals surface area (Å²) in [5, 5.41) is 5.96. The fourth-order valence-electron chi connectivity index (χ4n) is 3.76. The van der Waals surface area contributed by atoms with Crippen molar-refractivity contribution < 1.29 is 19.1 Å². The average Bonchev–Trinajstić information content (AvgIpc) is 2.78. The molecule has 1 unspecified atom stereocenters. The first-order valence-corrected chi connectivity index (χ1v) is 10.9. The van der Waals surface area contributed by atoms with Crippen LogP contribution in [0, 0.1) is 0 Å². The maximum atomic E-state index is 13.3. The molecule has 1 aliphatic rings. The third-order valence-electron chi connectivity index (χ3n) is 5.71. The Morgan fingerprint density at radius 3 is 2.36 bits per heavy atom. The largest absolute Gasteiger partial charge is 0.413 e. The van der Waals surface area contributed by atoms with Gasteiger partial charge in [-0.3, -0.25) is 9.59 Å². The van der Waals surface area contributed by atoms with Crippen LogP contribution in [0.1, 0.15) is 41.4 Å². The number of carbonyl (C=O) groups is 3.